The van der Waals surface area contributed by atoms with Crippen LogP contribution >= 0.6 is 53.8 Å². The van der Waals surface area contributed by atoms with Gasteiger partial charge in [0.05, 0.1) is 53.3 Å². The molecule has 1 fully saturated rings. The molecule has 4 atom stereocenters. The fourth-order valence-corrected chi connectivity index (χ4v) is 7.96. The molecule has 2 heterocycles. The minimum Gasteiger partial charge on any atom is -0.487 e. The number of benzene rings is 3. The molecule has 17 nitrogen and oxygen atoms in total. The molecule has 2 amide bonds. The van der Waals surface area contributed by atoms with Gasteiger partial charge in [0.1, 0.15) is 41.0 Å². The van der Waals surface area contributed by atoms with Gasteiger partial charge in [-0.25, -0.2) is 0 Å². The maximum absolute atomic E-state index is 12.6. The van der Waals surface area contributed by atoms with Gasteiger partial charge in [-0.1, -0.05) is 59.9 Å². The quantitative estimate of drug-likeness (QED) is 0.0386. The standard InChI is InChI=1S/C15H11ClF3NO4.C15H22ClNO2.C11H13Cl2NO3.C5H12NO4P/c1-2-23-14-8-10(4-5-12(14)20(21)22)24-13-6-3-9(7-11(13)16)15(17,18)19;1-5-13-8-6-7-11(2)15(13)17(14(18)9-16)12(3)10-19-4;1-11(2)14(10(15)9(12)13)6-8(17-11)7-4-3-5-16-7;1-11(9,10)3-2-4(6)5(7)8/h3-8H,2H2,1H3;6-8,12H,5,9-10H2,1-4H3;3-5,8-9H,6H2,1-2H3;4H,2-3,6H2,1H3,(H,7,8)(H,9,10). The Kier molecular flexibility index (Phi) is 25.1. The number of methoxy groups -OCH3 is 1. The topological polar surface area (TPSA) is 234 Å². The number of aliphatic carboxylic acids is 1. The summed E-state index contributed by atoms with van der Waals surface area (Å²) in [5.74, 6) is -0.796. The normalized spacial score (nSPS) is 15.6. The van der Waals surface area contributed by atoms with Crippen LogP contribution in [0.1, 0.15) is 69.6 Å². The number of aryl methyl sites for hydroxylation is 2. The number of para-hydroxylation sites is 1. The number of rotatable bonds is 17. The van der Waals surface area contributed by atoms with Gasteiger partial charge in [0.15, 0.2) is 12.2 Å². The van der Waals surface area contributed by atoms with Crippen molar-refractivity contribution < 1.29 is 70.4 Å². The summed E-state index contributed by atoms with van der Waals surface area (Å²) >= 11 is 22.8. The minimum atomic E-state index is -4.52. The van der Waals surface area contributed by atoms with E-state index in [1.54, 1.807) is 45.1 Å². The van der Waals surface area contributed by atoms with E-state index in [1.165, 1.54) is 29.8 Å². The van der Waals surface area contributed by atoms with Crippen LogP contribution in [0.2, 0.25) is 5.02 Å². The Morgan fingerprint density at radius 2 is 1.75 bits per heavy atom. The third-order valence-corrected chi connectivity index (χ3v) is 12.0. The second-order valence-electron chi connectivity index (χ2n) is 16.0. The monoisotopic (exact) mass is 1100 g/mol. The van der Waals surface area contributed by atoms with Crippen molar-refractivity contribution >= 4 is 82.9 Å². The molecule has 1 aromatic heterocycles. The van der Waals surface area contributed by atoms with E-state index < -0.39 is 46.6 Å². The number of carboxylic acid groups (broad SMARTS) is 1. The number of hydrogen-bond donors (Lipinski definition) is 3. The Balaban J connectivity index is 0.000000335. The number of furan rings is 1. The van der Waals surface area contributed by atoms with Crippen molar-refractivity contribution in [2.45, 2.75) is 89.3 Å². The zero-order valence-corrected chi connectivity index (χ0v) is 44.0. The number of amides is 2. The Labute approximate surface area is 429 Å². The Bertz CT molecular complexity index is 2430. The number of carbonyl (C=O) groups excluding carboxylic acids is 2. The molecule has 394 valence electrons. The number of nitro benzene ring substituents is 1. The molecule has 0 radical (unpaired) electrons. The number of anilines is 1. The number of halogens is 7. The predicted molar refractivity (Wildman–Crippen MR) is 266 cm³/mol. The zero-order chi connectivity index (χ0) is 54.0. The average molecular weight is 1100 g/mol. The molecule has 0 spiro atoms. The number of carboxylic acids is 1. The van der Waals surface area contributed by atoms with Gasteiger partial charge in [-0.15, -0.1) is 11.6 Å². The fraction of sp³-hybridized carbons (Fsp3) is 0.457. The van der Waals surface area contributed by atoms with Gasteiger partial charge < -0.3 is 48.9 Å². The van der Waals surface area contributed by atoms with Crippen molar-refractivity contribution in [3.63, 3.8) is 0 Å². The van der Waals surface area contributed by atoms with Crippen molar-refractivity contribution in [1.29, 1.82) is 0 Å². The lowest BCUT2D eigenvalue weighted by Gasteiger charge is -2.31. The molecule has 0 bridgehead atoms. The third kappa shape index (κ3) is 19.7. The van der Waals surface area contributed by atoms with E-state index in [4.69, 9.17) is 85.5 Å². The summed E-state index contributed by atoms with van der Waals surface area (Å²) in [5, 5.41) is 19.0. The van der Waals surface area contributed by atoms with Crippen LogP contribution < -0.4 is 20.1 Å². The van der Waals surface area contributed by atoms with Crippen LogP contribution in [0.25, 0.3) is 0 Å². The minimum absolute atomic E-state index is 0.0111. The number of hydrogen-bond acceptors (Lipinski definition) is 12. The van der Waals surface area contributed by atoms with E-state index in [0.717, 1.165) is 41.4 Å². The van der Waals surface area contributed by atoms with Crippen molar-refractivity contribution in [3.8, 4) is 17.2 Å². The maximum atomic E-state index is 12.6. The van der Waals surface area contributed by atoms with E-state index in [-0.39, 0.29) is 77.0 Å². The van der Waals surface area contributed by atoms with Gasteiger partial charge in [0, 0.05) is 32.1 Å². The summed E-state index contributed by atoms with van der Waals surface area (Å²) in [6, 6.07) is 15.0. The zero-order valence-electron chi connectivity index (χ0n) is 40.1. The molecular weight excluding hydrogens is 1050 g/mol. The molecule has 5 rings (SSSR count). The van der Waals surface area contributed by atoms with Crippen LogP contribution in [0, 0.1) is 17.0 Å². The van der Waals surface area contributed by atoms with Crippen LogP contribution in [-0.4, -0.2) is 106 Å². The number of nitrogens with two attached hydrogens (primary N) is 1. The Hall–Kier alpha value is -4.63. The SMILES string of the molecule is CC1(C)OC(c2ccco2)CN1C(=O)C(Cl)Cl.CCOc1cc(Oc2ccc(C(F)(F)F)cc2Cl)ccc1[N+](=O)[O-].CCc1cccc(C)c1N(C(=O)CCl)C(C)COC.CP(=O)(O)CCC(N)C(=O)O. The maximum Gasteiger partial charge on any atom is 0.416 e. The van der Waals surface area contributed by atoms with Crippen molar-refractivity contribution in [2.75, 3.05) is 50.5 Å². The lowest BCUT2D eigenvalue weighted by Crippen LogP contribution is -2.45. The van der Waals surface area contributed by atoms with Crippen LogP contribution in [0.4, 0.5) is 24.5 Å². The van der Waals surface area contributed by atoms with Crippen molar-refractivity contribution in [1.82, 2.24) is 4.90 Å². The van der Waals surface area contributed by atoms with Gasteiger partial charge in [-0.2, -0.15) is 13.2 Å². The van der Waals surface area contributed by atoms with Gasteiger partial charge in [-0.05, 0) is 95.0 Å². The number of alkyl halides is 6. The third-order valence-electron chi connectivity index (χ3n) is 10.0. The van der Waals surface area contributed by atoms with Gasteiger partial charge in [0.25, 0.3) is 5.91 Å². The largest absolute Gasteiger partial charge is 0.487 e. The van der Waals surface area contributed by atoms with Crippen LogP contribution in [-0.2, 0) is 41.0 Å². The highest BCUT2D eigenvalue weighted by molar-refractivity contribution is 7.57. The highest BCUT2D eigenvalue weighted by atomic mass is 35.5. The van der Waals surface area contributed by atoms with Crippen LogP contribution in [0.3, 0.4) is 0 Å². The van der Waals surface area contributed by atoms with Gasteiger partial charge >= 0.3 is 17.8 Å². The first-order chi connectivity index (χ1) is 33.0. The summed E-state index contributed by atoms with van der Waals surface area (Å²) in [4.78, 5) is 55.4. The van der Waals surface area contributed by atoms with E-state index in [9.17, 15) is 42.2 Å². The van der Waals surface area contributed by atoms with Crippen LogP contribution in [0.5, 0.6) is 17.2 Å². The molecule has 4 N–H and O–H groups in total. The van der Waals surface area contributed by atoms with E-state index >= 15 is 0 Å². The van der Waals surface area contributed by atoms with Crippen LogP contribution in [0.15, 0.2) is 77.4 Å². The summed E-state index contributed by atoms with van der Waals surface area (Å²) < 4.78 is 75.2. The number of nitro groups is 1. The number of nitrogens with zero attached hydrogens (tertiary/aromatic N) is 3. The molecule has 1 aliphatic heterocycles. The smallest absolute Gasteiger partial charge is 0.416 e. The van der Waals surface area contributed by atoms with E-state index in [1.807, 2.05) is 32.0 Å². The number of ether oxygens (including phenoxy) is 4. The van der Waals surface area contributed by atoms with Gasteiger partial charge in [-0.3, -0.25) is 29.1 Å². The van der Waals surface area contributed by atoms with Crippen molar-refractivity contribution in [3.05, 3.63) is 111 Å². The highest BCUT2D eigenvalue weighted by Crippen LogP contribution is 2.40. The molecule has 1 aliphatic rings. The molecule has 25 heteroatoms. The van der Waals surface area contributed by atoms with Crippen molar-refractivity contribution in [2.24, 2.45) is 5.73 Å². The summed E-state index contributed by atoms with van der Waals surface area (Å²) in [6.45, 7) is 13.6. The van der Waals surface area contributed by atoms with E-state index in [0.29, 0.717) is 18.9 Å². The molecule has 4 aromatic rings. The first-order valence-electron chi connectivity index (χ1n) is 21.5. The first-order valence-corrected chi connectivity index (χ1v) is 25.6. The number of carbonyl (C=O) groups is 3. The molecule has 71 heavy (non-hydrogen) atoms. The average Bonchev–Trinajstić information content (AvgIpc) is 3.94. The summed E-state index contributed by atoms with van der Waals surface area (Å²) in [6.07, 6.45) is -2.35. The molecule has 1 saturated heterocycles. The highest BCUT2D eigenvalue weighted by Gasteiger charge is 2.45. The lowest BCUT2D eigenvalue weighted by molar-refractivity contribution is -0.385. The lowest BCUT2D eigenvalue weighted by atomic mass is 10.0. The predicted octanol–water partition coefficient (Wildman–Crippen LogP) is 11.0. The second kappa shape index (κ2) is 28.6. The summed E-state index contributed by atoms with van der Waals surface area (Å²) in [5.41, 5.74) is 6.41. The summed E-state index contributed by atoms with van der Waals surface area (Å²) in [7, 11) is -1.47. The Morgan fingerprint density at radius 1 is 1.08 bits per heavy atom. The first kappa shape index (κ1) is 62.5. The second-order valence-corrected chi connectivity index (χ2v) is 20.3. The Morgan fingerprint density at radius 3 is 2.24 bits per heavy atom. The molecular formula is C46H58Cl4F3N4O13P. The molecule has 3 aromatic carbocycles. The van der Waals surface area contributed by atoms with Gasteiger partial charge in [0.2, 0.25) is 11.7 Å². The molecule has 0 saturated carbocycles. The molecule has 0 aliphatic carbocycles. The molecule has 4 unspecified atom stereocenters. The van der Waals surface area contributed by atoms with E-state index in [2.05, 4.69) is 13.0 Å². The fourth-order valence-electron chi connectivity index (χ4n) is 6.62.